The SMILES string of the molecule is COc1ccc(-c2ccc(-c3ccc(I)c(F)c3)cc2)cc1OC. The zero-order valence-electron chi connectivity index (χ0n) is 13.3. The highest BCUT2D eigenvalue weighted by atomic mass is 127. The van der Waals surface area contributed by atoms with Crippen LogP contribution in [-0.4, -0.2) is 14.2 Å². The van der Waals surface area contributed by atoms with E-state index in [1.54, 1.807) is 26.4 Å². The van der Waals surface area contributed by atoms with Gasteiger partial charge in [0.25, 0.3) is 0 Å². The number of halogens is 2. The second-order valence-corrected chi connectivity index (χ2v) is 6.44. The van der Waals surface area contributed by atoms with E-state index >= 15 is 0 Å². The van der Waals surface area contributed by atoms with Crippen LogP contribution in [0.15, 0.2) is 60.7 Å². The zero-order chi connectivity index (χ0) is 17.1. The molecule has 3 rings (SSSR count). The van der Waals surface area contributed by atoms with Crippen molar-refractivity contribution in [1.29, 1.82) is 0 Å². The van der Waals surface area contributed by atoms with Crippen molar-refractivity contribution in [1.82, 2.24) is 0 Å². The predicted molar refractivity (Wildman–Crippen MR) is 103 cm³/mol. The summed E-state index contributed by atoms with van der Waals surface area (Å²) in [6, 6.07) is 19.1. The highest BCUT2D eigenvalue weighted by Crippen LogP contribution is 2.33. The summed E-state index contributed by atoms with van der Waals surface area (Å²) in [5.41, 5.74) is 3.94. The maximum Gasteiger partial charge on any atom is 0.161 e. The Bertz CT molecular complexity index is 860. The summed E-state index contributed by atoms with van der Waals surface area (Å²) >= 11 is 1.99. The predicted octanol–water partition coefficient (Wildman–Crippen LogP) is 5.78. The van der Waals surface area contributed by atoms with Gasteiger partial charge in [-0.1, -0.05) is 36.4 Å². The number of hydrogen-bond acceptors (Lipinski definition) is 2. The van der Waals surface area contributed by atoms with Gasteiger partial charge < -0.3 is 9.47 Å². The first kappa shape index (κ1) is 16.8. The zero-order valence-corrected chi connectivity index (χ0v) is 15.5. The van der Waals surface area contributed by atoms with E-state index in [2.05, 4.69) is 0 Å². The van der Waals surface area contributed by atoms with Crippen molar-refractivity contribution in [2.45, 2.75) is 0 Å². The molecule has 3 aromatic carbocycles. The van der Waals surface area contributed by atoms with E-state index in [4.69, 9.17) is 9.47 Å². The first-order valence-electron chi connectivity index (χ1n) is 7.40. The number of hydrogen-bond donors (Lipinski definition) is 0. The normalized spacial score (nSPS) is 10.5. The molecule has 0 fully saturated rings. The lowest BCUT2D eigenvalue weighted by Crippen LogP contribution is -1.91. The van der Waals surface area contributed by atoms with E-state index < -0.39 is 0 Å². The van der Waals surface area contributed by atoms with Gasteiger partial charge in [0.1, 0.15) is 5.82 Å². The lowest BCUT2D eigenvalue weighted by atomic mass is 10.00. The van der Waals surface area contributed by atoms with E-state index in [1.165, 1.54) is 0 Å². The number of methoxy groups -OCH3 is 2. The largest absolute Gasteiger partial charge is 0.493 e. The molecule has 0 aliphatic heterocycles. The smallest absolute Gasteiger partial charge is 0.161 e. The van der Waals surface area contributed by atoms with Crippen LogP contribution in [0.4, 0.5) is 4.39 Å². The van der Waals surface area contributed by atoms with Crippen molar-refractivity contribution < 1.29 is 13.9 Å². The van der Waals surface area contributed by atoms with Crippen LogP contribution in [-0.2, 0) is 0 Å². The molecule has 0 radical (unpaired) electrons. The molecule has 0 aromatic heterocycles. The molecule has 0 bridgehead atoms. The van der Waals surface area contributed by atoms with Crippen LogP contribution < -0.4 is 9.47 Å². The van der Waals surface area contributed by atoms with Gasteiger partial charge in [-0.25, -0.2) is 4.39 Å². The van der Waals surface area contributed by atoms with Crippen molar-refractivity contribution in [3.05, 3.63) is 70.1 Å². The Morgan fingerprint density at radius 3 is 1.71 bits per heavy atom. The molecule has 0 spiro atoms. The number of benzene rings is 3. The fourth-order valence-electron chi connectivity index (χ4n) is 2.55. The topological polar surface area (TPSA) is 18.5 Å². The Labute approximate surface area is 154 Å². The molecular weight excluding hydrogens is 418 g/mol. The summed E-state index contributed by atoms with van der Waals surface area (Å²) in [5.74, 6) is 1.20. The Morgan fingerprint density at radius 1 is 0.667 bits per heavy atom. The van der Waals surface area contributed by atoms with Crippen LogP contribution >= 0.6 is 22.6 Å². The van der Waals surface area contributed by atoms with Crippen LogP contribution in [0.3, 0.4) is 0 Å². The minimum atomic E-state index is -0.197. The van der Waals surface area contributed by atoms with Crippen molar-refractivity contribution in [3.63, 3.8) is 0 Å². The molecule has 0 heterocycles. The second-order valence-electron chi connectivity index (χ2n) is 5.28. The van der Waals surface area contributed by atoms with Crippen LogP contribution in [0, 0.1) is 9.39 Å². The molecule has 122 valence electrons. The van der Waals surface area contributed by atoms with Gasteiger partial charge in [0.2, 0.25) is 0 Å². The standard InChI is InChI=1S/C20H16FIO2/c1-23-19-10-8-16(12-20(19)24-2)14-5-3-13(4-6-14)15-7-9-18(22)17(21)11-15/h3-12H,1-2H3. The molecule has 0 atom stereocenters. The molecule has 0 amide bonds. The van der Waals surface area contributed by atoms with Gasteiger partial charge in [0, 0.05) is 3.57 Å². The fourth-order valence-corrected chi connectivity index (χ4v) is 2.88. The van der Waals surface area contributed by atoms with Crippen LogP contribution in [0.1, 0.15) is 0 Å². The maximum atomic E-state index is 13.7. The van der Waals surface area contributed by atoms with Gasteiger partial charge in [-0.15, -0.1) is 0 Å². The second kappa shape index (κ2) is 7.21. The molecule has 0 unspecified atom stereocenters. The summed E-state index contributed by atoms with van der Waals surface area (Å²) in [6.45, 7) is 0. The third kappa shape index (κ3) is 3.38. The first-order valence-corrected chi connectivity index (χ1v) is 8.48. The van der Waals surface area contributed by atoms with Crippen molar-refractivity contribution in [3.8, 4) is 33.8 Å². The van der Waals surface area contributed by atoms with Gasteiger partial charge in [-0.05, 0) is 69.1 Å². The maximum absolute atomic E-state index is 13.7. The third-order valence-corrected chi connectivity index (χ3v) is 4.73. The minimum Gasteiger partial charge on any atom is -0.493 e. The van der Waals surface area contributed by atoms with Gasteiger partial charge in [0.15, 0.2) is 11.5 Å². The molecule has 0 N–H and O–H groups in total. The highest BCUT2D eigenvalue weighted by Gasteiger charge is 2.07. The average molecular weight is 434 g/mol. The molecule has 24 heavy (non-hydrogen) atoms. The lowest BCUT2D eigenvalue weighted by Gasteiger charge is -2.10. The van der Waals surface area contributed by atoms with E-state index in [1.807, 2.05) is 71.1 Å². The summed E-state index contributed by atoms with van der Waals surface area (Å²) in [6.07, 6.45) is 0. The monoisotopic (exact) mass is 434 g/mol. The Kier molecular flexibility index (Phi) is 5.04. The molecule has 0 saturated carbocycles. The summed E-state index contributed by atoms with van der Waals surface area (Å²) in [7, 11) is 3.24. The van der Waals surface area contributed by atoms with Crippen LogP contribution in [0.2, 0.25) is 0 Å². The Hall–Kier alpha value is -2.08. The van der Waals surface area contributed by atoms with Crippen LogP contribution in [0.25, 0.3) is 22.3 Å². The third-order valence-electron chi connectivity index (χ3n) is 3.85. The number of rotatable bonds is 4. The molecule has 3 aromatic rings. The van der Waals surface area contributed by atoms with Gasteiger partial charge in [0.05, 0.1) is 14.2 Å². The molecule has 0 aliphatic rings. The molecule has 2 nitrogen and oxygen atoms in total. The van der Waals surface area contributed by atoms with Gasteiger partial charge in [-0.3, -0.25) is 0 Å². The van der Waals surface area contributed by atoms with E-state index in [9.17, 15) is 4.39 Å². The molecular formula is C20H16FIO2. The van der Waals surface area contributed by atoms with Gasteiger partial charge >= 0.3 is 0 Å². The van der Waals surface area contributed by atoms with Crippen molar-refractivity contribution in [2.24, 2.45) is 0 Å². The van der Waals surface area contributed by atoms with E-state index in [-0.39, 0.29) is 5.82 Å². The lowest BCUT2D eigenvalue weighted by molar-refractivity contribution is 0.355. The van der Waals surface area contributed by atoms with Crippen molar-refractivity contribution >= 4 is 22.6 Å². The van der Waals surface area contributed by atoms with Gasteiger partial charge in [-0.2, -0.15) is 0 Å². The summed E-state index contributed by atoms with van der Waals surface area (Å²) in [4.78, 5) is 0. The highest BCUT2D eigenvalue weighted by molar-refractivity contribution is 14.1. The fraction of sp³-hybridized carbons (Fsp3) is 0.100. The first-order chi connectivity index (χ1) is 11.6. The molecule has 0 aliphatic carbocycles. The van der Waals surface area contributed by atoms with Crippen LogP contribution in [0.5, 0.6) is 11.5 Å². The van der Waals surface area contributed by atoms with Crippen molar-refractivity contribution in [2.75, 3.05) is 14.2 Å². The quantitative estimate of drug-likeness (QED) is 0.485. The van der Waals surface area contributed by atoms with E-state index in [0.29, 0.717) is 15.1 Å². The Morgan fingerprint density at radius 2 is 1.17 bits per heavy atom. The van der Waals surface area contributed by atoms with E-state index in [0.717, 1.165) is 22.3 Å². The summed E-state index contributed by atoms with van der Waals surface area (Å²) in [5, 5.41) is 0. The number of ether oxygens (including phenoxy) is 2. The molecule has 4 heteroatoms. The molecule has 0 saturated heterocycles. The minimum absolute atomic E-state index is 0.197. The average Bonchev–Trinajstić information content (AvgIpc) is 2.63. The Balaban J connectivity index is 1.93. The summed E-state index contributed by atoms with van der Waals surface area (Å²) < 4.78 is 25.0.